The average Bonchev–Trinajstić information content (AvgIpc) is 3.08. The van der Waals surface area contributed by atoms with Crippen LogP contribution in [0.5, 0.6) is 11.5 Å². The molecule has 2 heterocycles. The van der Waals surface area contributed by atoms with Crippen molar-refractivity contribution in [3.8, 4) is 11.5 Å². The number of aliphatic hydroxyl groups excluding tert-OH is 1. The number of allylic oxidation sites excluding steroid dienone is 2. The Morgan fingerprint density at radius 2 is 1.39 bits per heavy atom. The van der Waals surface area contributed by atoms with E-state index >= 15 is 0 Å². The molecule has 6 nitrogen and oxygen atoms in total. The number of carbonyl (C=O) groups is 1. The van der Waals surface area contributed by atoms with Gasteiger partial charge in [0.1, 0.15) is 17.3 Å². The molecule has 4 aromatic rings. The monoisotopic (exact) mass is 580 g/mol. The first-order chi connectivity index (χ1) is 21.7. The van der Waals surface area contributed by atoms with Crippen LogP contribution in [0.25, 0.3) is 32.7 Å². The highest BCUT2D eigenvalue weighted by Crippen LogP contribution is 2.47. The lowest BCUT2D eigenvalue weighted by atomic mass is 9.59. The second-order valence-electron chi connectivity index (χ2n) is 13.2. The van der Waals surface area contributed by atoms with Crippen molar-refractivity contribution in [1.29, 1.82) is 0 Å². The van der Waals surface area contributed by atoms with Gasteiger partial charge in [0, 0.05) is 38.9 Å². The van der Waals surface area contributed by atoms with Gasteiger partial charge in [0.15, 0.2) is 0 Å². The smallest absolute Gasteiger partial charge is 0.505 e. The van der Waals surface area contributed by atoms with E-state index in [0.29, 0.717) is 28.0 Å². The first-order valence-electron chi connectivity index (χ1n) is 16.4. The molecule has 218 valence electrons. The van der Waals surface area contributed by atoms with Crippen LogP contribution in [0.15, 0.2) is 71.3 Å². The number of rotatable bonds is 3. The molecule has 0 aromatic heterocycles. The second-order valence-corrected chi connectivity index (χ2v) is 13.2. The fourth-order valence-corrected chi connectivity index (χ4v) is 8.33. The van der Waals surface area contributed by atoms with Gasteiger partial charge < -0.3 is 19.6 Å². The molecule has 2 fully saturated rings. The number of nitrogens with one attached hydrogen (secondary N) is 1. The lowest BCUT2D eigenvalue weighted by molar-refractivity contribution is -0.109. The zero-order valence-electron chi connectivity index (χ0n) is 24.8. The molecule has 0 atom stereocenters. The van der Waals surface area contributed by atoms with Crippen LogP contribution in [0.2, 0.25) is 11.6 Å². The fourth-order valence-electron chi connectivity index (χ4n) is 8.33. The summed E-state index contributed by atoms with van der Waals surface area (Å²) in [5, 5.41) is 20.8. The van der Waals surface area contributed by atoms with Gasteiger partial charge in [-0.2, -0.15) is 0 Å². The Labute approximate surface area is 257 Å². The largest absolute Gasteiger partial charge is 0.541 e. The van der Waals surface area contributed by atoms with Gasteiger partial charge in [-0.25, -0.2) is 0 Å². The normalized spacial score (nSPS) is 21.5. The zero-order chi connectivity index (χ0) is 29.4. The molecule has 0 radical (unpaired) electrons. The minimum absolute atomic E-state index is 0.0366. The minimum Gasteiger partial charge on any atom is -0.541 e. The molecular weight excluding hydrogens is 546 g/mol. The Hall–Kier alpha value is -4.19. The van der Waals surface area contributed by atoms with E-state index in [1.54, 1.807) is 0 Å². The highest BCUT2D eigenvalue weighted by Gasteiger charge is 2.42. The summed E-state index contributed by atoms with van der Waals surface area (Å²) in [6.07, 6.45) is 11.8. The first-order valence-corrected chi connectivity index (χ1v) is 16.4. The minimum atomic E-state index is -0.278. The molecule has 5 aliphatic rings. The molecule has 2 aliphatic heterocycles. The molecule has 0 unspecified atom stereocenters. The Morgan fingerprint density at radius 1 is 0.727 bits per heavy atom. The number of ketones is 1. The van der Waals surface area contributed by atoms with Crippen LogP contribution in [0.3, 0.4) is 0 Å². The van der Waals surface area contributed by atoms with E-state index in [2.05, 4.69) is 11.3 Å². The Morgan fingerprint density at radius 3 is 2.11 bits per heavy atom. The van der Waals surface area contributed by atoms with E-state index in [4.69, 9.17) is 14.2 Å². The van der Waals surface area contributed by atoms with Gasteiger partial charge in [0.25, 0.3) is 0 Å². The van der Waals surface area contributed by atoms with Gasteiger partial charge in [-0.1, -0.05) is 113 Å². The van der Waals surface area contributed by atoms with E-state index in [-0.39, 0.29) is 25.6 Å². The number of hydrogen-bond donors (Lipinski definition) is 2. The van der Waals surface area contributed by atoms with Crippen molar-refractivity contribution in [3.63, 3.8) is 0 Å². The van der Waals surface area contributed by atoms with Crippen LogP contribution in [0.4, 0.5) is 5.69 Å². The molecule has 0 saturated heterocycles. The molecule has 0 bridgehead atoms. The lowest BCUT2D eigenvalue weighted by Crippen LogP contribution is -2.42. The maximum atomic E-state index is 14.2. The average molecular weight is 580 g/mol. The molecular formula is C36H34B2N2O4. The third kappa shape index (κ3) is 3.96. The van der Waals surface area contributed by atoms with Crippen LogP contribution in [-0.4, -0.2) is 25.0 Å². The predicted molar refractivity (Wildman–Crippen MR) is 177 cm³/mol. The van der Waals surface area contributed by atoms with Gasteiger partial charge >= 0.3 is 14.1 Å². The van der Waals surface area contributed by atoms with Crippen molar-refractivity contribution in [2.75, 3.05) is 5.23 Å². The van der Waals surface area contributed by atoms with Gasteiger partial charge in [0.2, 0.25) is 5.78 Å². The summed E-state index contributed by atoms with van der Waals surface area (Å²) in [6.45, 7) is 0. The highest BCUT2D eigenvalue weighted by molar-refractivity contribution is 6.61. The van der Waals surface area contributed by atoms with Crippen molar-refractivity contribution in [2.45, 2.75) is 75.8 Å². The van der Waals surface area contributed by atoms with Crippen molar-refractivity contribution < 1.29 is 19.2 Å². The molecule has 9 rings (SSSR count). The van der Waals surface area contributed by atoms with E-state index < -0.39 is 0 Å². The fraction of sp³-hybridized carbons (Fsp3) is 0.333. The Bertz CT molecular complexity index is 2030. The van der Waals surface area contributed by atoms with Gasteiger partial charge in [0.05, 0.1) is 16.5 Å². The van der Waals surface area contributed by atoms with Crippen molar-refractivity contribution in [2.24, 2.45) is 4.90 Å². The van der Waals surface area contributed by atoms with Gasteiger partial charge in [-0.15, -0.1) is 0 Å². The maximum Gasteiger partial charge on any atom is 0.505 e. The number of aliphatic hydroxyl groups is 1. The summed E-state index contributed by atoms with van der Waals surface area (Å²) in [4.78, 5) is 19.3. The number of hydrogen-bond acceptors (Lipinski definition) is 6. The lowest BCUT2D eigenvalue weighted by Gasteiger charge is -2.34. The van der Waals surface area contributed by atoms with E-state index in [1.165, 1.54) is 38.5 Å². The number of nitrogens with zero attached hydrogens (tertiary/aromatic N) is 1. The SMILES string of the molecule is O=C1C(c2ccc3cccc4c3c2NB(C2CCCCC2)O4)=C(O)/C1=c1\ccc2cccc3c2c1=NB(C1CCCCC1)O3. The van der Waals surface area contributed by atoms with Crippen LogP contribution in [-0.2, 0) is 4.79 Å². The van der Waals surface area contributed by atoms with Crippen molar-refractivity contribution >= 4 is 58.3 Å². The van der Waals surface area contributed by atoms with Crippen molar-refractivity contribution in [3.05, 3.63) is 82.6 Å². The third-order valence-electron chi connectivity index (χ3n) is 10.6. The molecule has 44 heavy (non-hydrogen) atoms. The zero-order valence-corrected chi connectivity index (χ0v) is 24.8. The second kappa shape index (κ2) is 10.2. The van der Waals surface area contributed by atoms with E-state index in [9.17, 15) is 9.90 Å². The topological polar surface area (TPSA) is 80.2 Å². The van der Waals surface area contributed by atoms with E-state index in [1.807, 2.05) is 54.6 Å². The summed E-state index contributed by atoms with van der Waals surface area (Å²) in [6, 6.07) is 20.1. The summed E-state index contributed by atoms with van der Waals surface area (Å²) in [5.41, 5.74) is 2.32. The van der Waals surface area contributed by atoms with Gasteiger partial charge in [-0.05, 0) is 22.9 Å². The molecule has 2 N–H and O–H groups in total. The summed E-state index contributed by atoms with van der Waals surface area (Å²) in [7, 11) is -0.435. The number of Topliss-reactive ketones (excluding diaryl/α,β-unsaturated/α-hetero) is 1. The molecule has 0 amide bonds. The molecule has 2 saturated carbocycles. The maximum absolute atomic E-state index is 14.2. The quantitative estimate of drug-likeness (QED) is 0.252. The Balaban J connectivity index is 1.21. The van der Waals surface area contributed by atoms with Crippen LogP contribution in [0, 0.1) is 0 Å². The summed E-state index contributed by atoms with van der Waals surface area (Å²) in [5.74, 6) is 2.29. The molecule has 8 heteroatoms. The number of carbonyl (C=O) groups excluding carboxylic acids is 1. The van der Waals surface area contributed by atoms with Gasteiger partial charge in [-0.3, -0.25) is 9.70 Å². The van der Waals surface area contributed by atoms with Crippen LogP contribution >= 0.6 is 0 Å². The first kappa shape index (κ1) is 26.2. The van der Waals surface area contributed by atoms with E-state index in [0.717, 1.165) is 75.3 Å². The molecule has 3 aliphatic carbocycles. The highest BCUT2D eigenvalue weighted by atomic mass is 16.4. The van der Waals surface area contributed by atoms with Crippen LogP contribution < -0.4 is 25.1 Å². The molecule has 4 aromatic carbocycles. The van der Waals surface area contributed by atoms with Crippen molar-refractivity contribution in [1.82, 2.24) is 0 Å². The van der Waals surface area contributed by atoms with Crippen LogP contribution in [0.1, 0.15) is 69.8 Å². The number of anilines is 1. The molecule has 0 spiro atoms. The summed E-state index contributed by atoms with van der Waals surface area (Å²) < 4.78 is 13.0. The summed E-state index contributed by atoms with van der Waals surface area (Å²) >= 11 is 0. The number of benzene rings is 4. The standard InChI is InChI=1S/C36H34B2N2O4/c41-35-31(25-19-17-21-9-7-15-27-29(21)33(25)39-37(43-27)23-11-3-1-4-12-23)36(42)32(35)26-20-18-22-10-8-16-28-30(22)34(26)40-38(44-28)24-13-5-2-6-14-24/h7-10,15-20,23-24,39,41H,1-6,11-14H2/b32-26-. The predicted octanol–water partition coefficient (Wildman–Crippen LogP) is 7.16. The Kier molecular flexibility index (Phi) is 6.07. The third-order valence-corrected chi connectivity index (χ3v) is 10.6.